The third-order valence-electron chi connectivity index (χ3n) is 8.97. The Morgan fingerprint density at radius 2 is 0.920 bits per heavy atom. The molecule has 0 radical (unpaired) electrons. The fourth-order valence-electron chi connectivity index (χ4n) is 6.61. The van der Waals surface area contributed by atoms with E-state index in [-0.39, 0.29) is 0 Å². The van der Waals surface area contributed by atoms with Gasteiger partial charge in [0.15, 0.2) is 23.3 Å². The Bertz CT molecular complexity index is 2810. The van der Waals surface area contributed by atoms with E-state index in [1.807, 2.05) is 103 Å². The third-order valence-corrected chi connectivity index (χ3v) is 10.2. The molecule has 4 heterocycles. The van der Waals surface area contributed by atoms with E-state index in [1.54, 1.807) is 11.3 Å². The van der Waals surface area contributed by atoms with Crippen molar-refractivity contribution < 1.29 is 4.42 Å². The summed E-state index contributed by atoms with van der Waals surface area (Å²) >= 11 is 1.67. The predicted octanol–water partition coefficient (Wildman–Crippen LogP) is 11.3. The maximum Gasteiger partial charge on any atom is 0.165 e. The van der Waals surface area contributed by atoms with Crippen LogP contribution in [0.1, 0.15) is 0 Å². The zero-order chi connectivity index (χ0) is 33.0. The van der Waals surface area contributed by atoms with Crippen molar-refractivity contribution in [1.29, 1.82) is 0 Å². The number of furan rings is 1. The Morgan fingerprint density at radius 1 is 0.380 bits per heavy atom. The molecule has 0 spiro atoms. The van der Waals surface area contributed by atoms with Crippen LogP contribution in [0.15, 0.2) is 156 Å². The van der Waals surface area contributed by atoms with Gasteiger partial charge in [-0.3, -0.25) is 0 Å². The maximum atomic E-state index is 6.44. The Labute approximate surface area is 290 Å². The van der Waals surface area contributed by atoms with Gasteiger partial charge >= 0.3 is 0 Å². The highest BCUT2D eigenvalue weighted by molar-refractivity contribution is 7.26. The molecule has 50 heavy (non-hydrogen) atoms. The zero-order valence-corrected chi connectivity index (χ0v) is 27.3. The molecule has 0 aliphatic rings. The van der Waals surface area contributed by atoms with Crippen LogP contribution in [-0.2, 0) is 0 Å². The Balaban J connectivity index is 1.24. The summed E-state index contributed by atoms with van der Waals surface area (Å²) in [6, 6.07) is 51.0. The smallest absolute Gasteiger partial charge is 0.165 e. The van der Waals surface area contributed by atoms with Crippen molar-refractivity contribution in [1.82, 2.24) is 24.9 Å². The molecule has 0 bridgehead atoms. The van der Waals surface area contributed by atoms with E-state index in [1.165, 1.54) is 0 Å². The van der Waals surface area contributed by atoms with Gasteiger partial charge in [-0.15, -0.1) is 11.3 Å². The van der Waals surface area contributed by atoms with E-state index < -0.39 is 0 Å². The molecule has 0 N–H and O–H groups in total. The van der Waals surface area contributed by atoms with Crippen molar-refractivity contribution in [2.24, 2.45) is 0 Å². The largest absolute Gasteiger partial charge is 0.455 e. The van der Waals surface area contributed by atoms with Crippen LogP contribution in [0.2, 0.25) is 0 Å². The number of para-hydroxylation sites is 2. The van der Waals surface area contributed by atoms with Crippen molar-refractivity contribution in [3.63, 3.8) is 0 Å². The Kier molecular flexibility index (Phi) is 6.57. The molecule has 0 saturated carbocycles. The van der Waals surface area contributed by atoms with Crippen LogP contribution in [0.25, 0.3) is 99.1 Å². The normalized spacial score (nSPS) is 11.6. The van der Waals surface area contributed by atoms with E-state index in [0.717, 1.165) is 75.8 Å². The van der Waals surface area contributed by atoms with E-state index in [2.05, 4.69) is 48.5 Å². The number of nitrogens with zero attached hydrogens (tertiary/aromatic N) is 5. The lowest BCUT2D eigenvalue weighted by atomic mass is 10.1. The van der Waals surface area contributed by atoms with Gasteiger partial charge in [0.2, 0.25) is 0 Å². The summed E-state index contributed by atoms with van der Waals surface area (Å²) in [5.74, 6) is 2.47. The first-order valence-corrected chi connectivity index (χ1v) is 17.2. The summed E-state index contributed by atoms with van der Waals surface area (Å²) in [5, 5.41) is 3.13. The molecule has 7 heteroatoms. The second-order valence-corrected chi connectivity index (χ2v) is 13.1. The summed E-state index contributed by atoms with van der Waals surface area (Å²) in [6.45, 7) is 0. The molecule has 0 saturated heterocycles. The highest BCUT2D eigenvalue weighted by Gasteiger charge is 2.22. The molecule has 0 amide bonds. The topological polar surface area (TPSA) is 77.6 Å². The van der Waals surface area contributed by atoms with Crippen LogP contribution < -0.4 is 0 Å². The van der Waals surface area contributed by atoms with Crippen LogP contribution in [0.4, 0.5) is 0 Å². The van der Waals surface area contributed by atoms with Crippen LogP contribution in [0.5, 0.6) is 0 Å². The number of rotatable bonds is 5. The molecule has 0 aliphatic heterocycles. The standard InChI is InChI=1S/C43H25N5OS/c1-4-14-26(15-5-1)35-39-36(45-42(44-35)32-23-12-21-30-29-20-10-11-25-34(29)49-37(30)32)31-22-13-24-33(38(31)50-39)43-47-40(27-16-6-2-7-17-27)46-41(48-43)28-18-8-3-9-19-28/h1-25H. The number of thiophene rings is 1. The number of fused-ring (bicyclic) bond motifs is 6. The van der Waals surface area contributed by atoms with Gasteiger partial charge in [-0.1, -0.05) is 133 Å². The molecule has 0 aliphatic carbocycles. The van der Waals surface area contributed by atoms with E-state index in [9.17, 15) is 0 Å². The van der Waals surface area contributed by atoms with Gasteiger partial charge < -0.3 is 4.42 Å². The summed E-state index contributed by atoms with van der Waals surface area (Å²) in [5.41, 5.74) is 8.01. The number of hydrogen-bond acceptors (Lipinski definition) is 7. The fraction of sp³-hybridized carbons (Fsp3) is 0. The van der Waals surface area contributed by atoms with E-state index >= 15 is 0 Å². The Morgan fingerprint density at radius 3 is 1.62 bits per heavy atom. The van der Waals surface area contributed by atoms with Crippen molar-refractivity contribution in [2.75, 3.05) is 0 Å². The SMILES string of the molecule is c1ccc(-c2nc(-c3ccccc3)nc(-c3cccc4c3sc3c(-c5ccccc5)nc(-c5cccc6c5oc5ccccc56)nc34)n2)cc1. The van der Waals surface area contributed by atoms with E-state index in [0.29, 0.717) is 23.3 Å². The average molecular weight is 660 g/mol. The van der Waals surface area contributed by atoms with Gasteiger partial charge in [-0.05, 0) is 18.2 Å². The van der Waals surface area contributed by atoms with Gasteiger partial charge in [0.25, 0.3) is 0 Å². The minimum absolute atomic E-state index is 0.608. The molecule has 234 valence electrons. The second-order valence-electron chi connectivity index (χ2n) is 12.0. The van der Waals surface area contributed by atoms with Gasteiger partial charge in [-0.2, -0.15) is 0 Å². The van der Waals surface area contributed by atoms with Gasteiger partial charge in [-0.25, -0.2) is 24.9 Å². The molecule has 6 nitrogen and oxygen atoms in total. The third kappa shape index (κ3) is 4.67. The molecule has 4 aromatic heterocycles. The predicted molar refractivity (Wildman–Crippen MR) is 203 cm³/mol. The van der Waals surface area contributed by atoms with Crippen LogP contribution in [0.3, 0.4) is 0 Å². The summed E-state index contributed by atoms with van der Waals surface area (Å²) in [4.78, 5) is 25.6. The lowest BCUT2D eigenvalue weighted by Gasteiger charge is -2.09. The number of hydrogen-bond donors (Lipinski definition) is 0. The van der Waals surface area contributed by atoms with Crippen LogP contribution in [-0.4, -0.2) is 24.9 Å². The number of aromatic nitrogens is 5. The minimum Gasteiger partial charge on any atom is -0.455 e. The molecule has 0 fully saturated rings. The molecular formula is C43H25N5OS. The van der Waals surface area contributed by atoms with Crippen LogP contribution in [0, 0.1) is 0 Å². The highest BCUT2D eigenvalue weighted by atomic mass is 32.1. The zero-order valence-electron chi connectivity index (χ0n) is 26.5. The lowest BCUT2D eigenvalue weighted by molar-refractivity contribution is 0.669. The lowest BCUT2D eigenvalue weighted by Crippen LogP contribution is -2.00. The second kappa shape index (κ2) is 11.5. The monoisotopic (exact) mass is 659 g/mol. The molecule has 10 rings (SSSR count). The summed E-state index contributed by atoms with van der Waals surface area (Å²) < 4.78 is 8.48. The van der Waals surface area contributed by atoms with Crippen molar-refractivity contribution in [3.8, 4) is 56.8 Å². The minimum atomic E-state index is 0.608. The molecule has 6 aromatic carbocycles. The fourth-order valence-corrected chi connectivity index (χ4v) is 7.87. The van der Waals surface area contributed by atoms with Gasteiger partial charge in [0.1, 0.15) is 11.2 Å². The van der Waals surface area contributed by atoms with E-state index in [4.69, 9.17) is 29.3 Å². The first kappa shape index (κ1) is 28.4. The van der Waals surface area contributed by atoms with Crippen molar-refractivity contribution in [3.05, 3.63) is 152 Å². The first-order valence-electron chi connectivity index (χ1n) is 16.3. The first-order chi connectivity index (χ1) is 24.8. The van der Waals surface area contributed by atoms with Gasteiger partial charge in [0, 0.05) is 43.1 Å². The number of benzene rings is 6. The average Bonchev–Trinajstić information content (AvgIpc) is 3.77. The molecule has 0 unspecified atom stereocenters. The summed E-state index contributed by atoms with van der Waals surface area (Å²) in [6.07, 6.45) is 0. The summed E-state index contributed by atoms with van der Waals surface area (Å²) in [7, 11) is 0. The van der Waals surface area contributed by atoms with Crippen molar-refractivity contribution in [2.45, 2.75) is 0 Å². The molecular weight excluding hydrogens is 635 g/mol. The van der Waals surface area contributed by atoms with Gasteiger partial charge in [0.05, 0.1) is 21.5 Å². The maximum absolute atomic E-state index is 6.44. The Hall–Kier alpha value is -6.57. The molecule has 0 atom stereocenters. The van der Waals surface area contributed by atoms with Crippen molar-refractivity contribution >= 4 is 53.6 Å². The highest BCUT2D eigenvalue weighted by Crippen LogP contribution is 2.44. The molecule has 10 aromatic rings. The van der Waals surface area contributed by atoms with Crippen LogP contribution >= 0.6 is 11.3 Å². The quantitative estimate of drug-likeness (QED) is 0.183.